The number of piperidine rings is 3. The van der Waals surface area contributed by atoms with Gasteiger partial charge < -0.3 is 45.1 Å². The van der Waals surface area contributed by atoms with Crippen molar-refractivity contribution in [1.29, 1.82) is 0 Å². The molecule has 3 aromatic heterocycles. The van der Waals surface area contributed by atoms with Gasteiger partial charge in [-0.3, -0.25) is 19.7 Å². The molecule has 8 heterocycles. The molecule has 5 fully saturated rings. The largest absolute Gasteiger partial charge is 0.369 e. The first-order chi connectivity index (χ1) is 29.7. The van der Waals surface area contributed by atoms with Crippen LogP contribution in [0.3, 0.4) is 0 Å². The van der Waals surface area contributed by atoms with Gasteiger partial charge in [0.05, 0.1) is 34.7 Å². The number of nitrogens with one attached hydrogen (secondary N) is 3. The maximum atomic E-state index is 12.7. The molecule has 2 unspecified atom stereocenters. The third-order valence-electron chi connectivity index (χ3n) is 13.6. The third-order valence-corrected chi connectivity index (χ3v) is 13.6. The van der Waals surface area contributed by atoms with Crippen molar-refractivity contribution >= 4 is 68.6 Å². The van der Waals surface area contributed by atoms with E-state index < -0.39 is 11.8 Å². The number of likely N-dealkylation sites (tertiary alicyclic amines) is 1. The van der Waals surface area contributed by atoms with Gasteiger partial charge in [-0.25, -0.2) is 14.8 Å². The first kappa shape index (κ1) is 38.9. The van der Waals surface area contributed by atoms with E-state index in [1.807, 2.05) is 36.3 Å². The Balaban J connectivity index is 0.746. The number of urea groups is 1. The number of carbonyl (C=O) groups excluding carboxylic acids is 4. The number of H-pyrrole nitrogens is 1. The lowest BCUT2D eigenvalue weighted by Crippen LogP contribution is -2.49. The second-order valence-corrected chi connectivity index (χ2v) is 17.5. The first-order valence-corrected chi connectivity index (χ1v) is 21.7. The summed E-state index contributed by atoms with van der Waals surface area (Å²) in [6, 6.07) is 12.6. The van der Waals surface area contributed by atoms with E-state index in [4.69, 9.17) is 15.2 Å². The summed E-state index contributed by atoms with van der Waals surface area (Å²) < 4.78 is 5.84. The van der Waals surface area contributed by atoms with E-state index in [0.29, 0.717) is 47.7 Å². The molecule has 5 amide bonds. The van der Waals surface area contributed by atoms with E-state index in [1.165, 1.54) is 5.56 Å². The number of primary amides is 1. The molecule has 0 saturated carbocycles. The zero-order chi connectivity index (χ0) is 41.8. The fourth-order valence-electron chi connectivity index (χ4n) is 10.3. The predicted octanol–water partition coefficient (Wildman–Crippen LogP) is 4.50. The number of anilines is 4. The van der Waals surface area contributed by atoms with Crippen LogP contribution in [0.2, 0.25) is 0 Å². The molecule has 2 aromatic carbocycles. The lowest BCUT2D eigenvalue weighted by Gasteiger charge is -2.37. The number of fused-ring (bicyclic) bond motifs is 3. The van der Waals surface area contributed by atoms with Crippen LogP contribution in [0.25, 0.3) is 21.9 Å². The molecule has 0 radical (unpaired) electrons. The van der Waals surface area contributed by atoms with Gasteiger partial charge in [0.2, 0.25) is 11.8 Å². The van der Waals surface area contributed by atoms with Gasteiger partial charge in [0.25, 0.3) is 5.91 Å². The van der Waals surface area contributed by atoms with Crippen molar-refractivity contribution in [2.45, 2.75) is 62.8 Å². The summed E-state index contributed by atoms with van der Waals surface area (Å²) in [4.78, 5) is 73.2. The molecule has 61 heavy (non-hydrogen) atoms. The maximum absolute atomic E-state index is 12.7. The second-order valence-electron chi connectivity index (χ2n) is 17.5. The zero-order valence-corrected chi connectivity index (χ0v) is 34.4. The van der Waals surface area contributed by atoms with Crippen LogP contribution < -0.4 is 26.2 Å². The van der Waals surface area contributed by atoms with Crippen molar-refractivity contribution in [2.75, 3.05) is 81.1 Å². The molecular formula is C44H52N12O5. The molecule has 0 bridgehead atoms. The van der Waals surface area contributed by atoms with Crippen LogP contribution in [-0.4, -0.2) is 131 Å². The van der Waals surface area contributed by atoms with Gasteiger partial charge in [-0.1, -0.05) is 17.3 Å². The van der Waals surface area contributed by atoms with Crippen LogP contribution in [0.4, 0.5) is 27.8 Å². The van der Waals surface area contributed by atoms with Crippen molar-refractivity contribution in [2.24, 2.45) is 11.7 Å². The number of carbonyl (C=O) groups is 4. The lowest BCUT2D eigenvalue weighted by atomic mass is 9.89. The summed E-state index contributed by atoms with van der Waals surface area (Å²) in [5, 5.41) is 11.9. The minimum atomic E-state index is -0.648. The van der Waals surface area contributed by atoms with E-state index in [0.717, 1.165) is 112 Å². The molecule has 5 aromatic rings. The molecule has 318 valence electrons. The molecule has 5 aliphatic heterocycles. The summed E-state index contributed by atoms with van der Waals surface area (Å²) in [6.07, 6.45) is 9.38. The van der Waals surface area contributed by atoms with Crippen LogP contribution in [0.1, 0.15) is 78.5 Å². The molecule has 5 aliphatic rings. The van der Waals surface area contributed by atoms with E-state index in [1.54, 1.807) is 11.1 Å². The van der Waals surface area contributed by atoms with Gasteiger partial charge in [0, 0.05) is 82.6 Å². The molecule has 3 atom stereocenters. The lowest BCUT2D eigenvalue weighted by molar-refractivity contribution is -0.134. The van der Waals surface area contributed by atoms with Crippen molar-refractivity contribution < 1.29 is 23.7 Å². The SMILES string of the molecule is CN1CCN([C@@H]2CCCN(c3cnc(C(N)=O)c(Nc4ccc(C5CCN(CC6CCN(c7cc8onc(C9CCC(=O)NC9=O)c8c8cc[nH]c78)C6)CC5)cc4)n3)C2)C1=O. The number of amides is 5. The number of hydrogen-bond acceptors (Lipinski definition) is 12. The molecule has 0 spiro atoms. The van der Waals surface area contributed by atoms with Crippen LogP contribution in [0.15, 0.2) is 53.3 Å². The summed E-state index contributed by atoms with van der Waals surface area (Å²) >= 11 is 0. The normalized spacial score (nSPS) is 23.2. The van der Waals surface area contributed by atoms with E-state index in [9.17, 15) is 19.2 Å². The Hall–Kier alpha value is -6.23. The molecule has 17 heteroatoms. The van der Waals surface area contributed by atoms with Gasteiger partial charge in [-0.15, -0.1) is 0 Å². The highest BCUT2D eigenvalue weighted by molar-refractivity contribution is 6.13. The standard InChI is InChI=1S/C44H52N12O5/c1-52-19-20-56(44(52)60)30-3-2-15-55(25-30)35-22-47-40(41(45)58)42(49-35)48-29-6-4-27(5-7-29)28-12-16-53(17-13-28)23-26-11-18-54(24-26)33-21-34-37(31-10-14-46-38(31)33)39(51-61-34)32-8-9-36(57)50-43(32)59/h4-7,10,14,21-22,26,28,30,32,46H,2-3,8-9,11-13,15-20,23-25H2,1H3,(H2,45,58)(H,48,49)(H,50,57,59)/t26?,30-,32?/m1/s1. The maximum Gasteiger partial charge on any atom is 0.320 e. The topological polar surface area (TPSA) is 202 Å². The number of imide groups is 1. The van der Waals surface area contributed by atoms with Crippen LogP contribution in [-0.2, 0) is 9.59 Å². The van der Waals surface area contributed by atoms with Gasteiger partial charge >= 0.3 is 6.03 Å². The summed E-state index contributed by atoms with van der Waals surface area (Å²) in [5.74, 6) is 0.247. The number of benzene rings is 2. The molecule has 5 saturated heterocycles. The van der Waals surface area contributed by atoms with Crippen molar-refractivity contribution in [3.8, 4) is 0 Å². The smallest absolute Gasteiger partial charge is 0.320 e. The predicted molar refractivity (Wildman–Crippen MR) is 230 cm³/mol. The van der Waals surface area contributed by atoms with E-state index in [-0.39, 0.29) is 36.0 Å². The van der Waals surface area contributed by atoms with Crippen LogP contribution in [0.5, 0.6) is 0 Å². The van der Waals surface area contributed by atoms with Crippen LogP contribution >= 0.6 is 0 Å². The minimum absolute atomic E-state index is 0.0690. The Kier molecular flexibility index (Phi) is 10.2. The van der Waals surface area contributed by atoms with Gasteiger partial charge in [0.1, 0.15) is 11.5 Å². The average molecular weight is 829 g/mol. The second kappa shape index (κ2) is 16.0. The number of rotatable bonds is 10. The number of likely N-dealkylation sites (N-methyl/N-ethyl adjacent to an activating group) is 1. The summed E-state index contributed by atoms with van der Waals surface area (Å²) in [7, 11) is 1.84. The van der Waals surface area contributed by atoms with E-state index >= 15 is 0 Å². The molecule has 17 nitrogen and oxygen atoms in total. The highest BCUT2D eigenvalue weighted by Gasteiger charge is 2.36. The number of nitrogens with two attached hydrogens (primary N) is 1. The number of hydrogen-bond donors (Lipinski definition) is 4. The molecule has 5 N–H and O–H groups in total. The Bertz CT molecular complexity index is 2490. The van der Waals surface area contributed by atoms with Gasteiger partial charge in [-0.05, 0) is 87.2 Å². The quantitative estimate of drug-likeness (QED) is 0.144. The first-order valence-electron chi connectivity index (χ1n) is 21.7. The van der Waals surface area contributed by atoms with Crippen molar-refractivity contribution in [3.63, 3.8) is 0 Å². The highest BCUT2D eigenvalue weighted by Crippen LogP contribution is 2.41. The number of nitrogens with zero attached hydrogens (tertiary/aromatic N) is 8. The zero-order valence-electron chi connectivity index (χ0n) is 34.4. The Morgan fingerprint density at radius 2 is 1.79 bits per heavy atom. The summed E-state index contributed by atoms with van der Waals surface area (Å²) in [6.45, 7) is 7.94. The molecular weight excluding hydrogens is 777 g/mol. The Morgan fingerprint density at radius 1 is 0.951 bits per heavy atom. The number of aromatic amines is 1. The fourth-order valence-corrected chi connectivity index (χ4v) is 10.3. The minimum Gasteiger partial charge on any atom is -0.369 e. The van der Waals surface area contributed by atoms with Crippen molar-refractivity contribution in [1.82, 2.24) is 40.1 Å². The third kappa shape index (κ3) is 7.48. The number of aromatic nitrogens is 4. The monoisotopic (exact) mass is 828 g/mol. The van der Waals surface area contributed by atoms with Gasteiger partial charge in [-0.2, -0.15) is 0 Å². The highest BCUT2D eigenvalue weighted by atomic mass is 16.5. The van der Waals surface area contributed by atoms with Crippen LogP contribution in [0, 0.1) is 5.92 Å². The average Bonchev–Trinajstić information content (AvgIpc) is 4.09. The van der Waals surface area contributed by atoms with E-state index in [2.05, 4.69) is 58.7 Å². The fraction of sp³-hybridized carbons (Fsp3) is 0.477. The summed E-state index contributed by atoms with van der Waals surface area (Å²) in [5.41, 5.74) is 11.3. The van der Waals surface area contributed by atoms with Gasteiger partial charge in [0.15, 0.2) is 17.1 Å². The van der Waals surface area contributed by atoms with Crippen molar-refractivity contribution in [3.05, 3.63) is 65.7 Å². The molecule has 10 rings (SSSR count). The Labute approximate surface area is 353 Å². The molecule has 0 aliphatic carbocycles. The Morgan fingerprint density at radius 3 is 2.56 bits per heavy atom.